The lowest BCUT2D eigenvalue weighted by Crippen LogP contribution is -2.40. The molecule has 3 N–H and O–H groups in total. The molecule has 0 aliphatic heterocycles. The van der Waals surface area contributed by atoms with E-state index in [0.29, 0.717) is 12.5 Å². The minimum atomic E-state index is -0.862. The lowest BCUT2D eigenvalue weighted by molar-refractivity contribution is 0.0175. The minimum absolute atomic E-state index is 0.212. The molecular weight excluding hydrogens is 238 g/mol. The molecule has 2 rings (SSSR count). The van der Waals surface area contributed by atoms with Crippen LogP contribution in [0.3, 0.4) is 0 Å². The third-order valence-electron chi connectivity index (χ3n) is 3.27. The summed E-state index contributed by atoms with van der Waals surface area (Å²) in [5, 5.41) is 0. The van der Waals surface area contributed by atoms with Gasteiger partial charge in [0.15, 0.2) is 11.6 Å². The van der Waals surface area contributed by atoms with E-state index in [1.807, 2.05) is 6.92 Å². The van der Waals surface area contributed by atoms with E-state index < -0.39 is 17.7 Å². The first kappa shape index (κ1) is 13.4. The fraction of sp³-hybridized carbons (Fsp3) is 0.538. The Morgan fingerprint density at radius 3 is 2.72 bits per heavy atom. The highest BCUT2D eigenvalue weighted by Crippen LogP contribution is 2.40. The molecule has 0 heterocycles. The molecule has 3 nitrogen and oxygen atoms in total. The smallest absolute Gasteiger partial charge is 0.163 e. The lowest BCUT2D eigenvalue weighted by Gasteiger charge is -2.27. The fourth-order valence-electron chi connectivity index (χ4n) is 2.24. The summed E-state index contributed by atoms with van der Waals surface area (Å²) in [6, 6.07) is 3.60. The number of nitrogens with one attached hydrogen (secondary N) is 1. The summed E-state index contributed by atoms with van der Waals surface area (Å²) in [4.78, 5) is 0. The lowest BCUT2D eigenvalue weighted by atomic mass is 9.98. The summed E-state index contributed by atoms with van der Waals surface area (Å²) in [6.07, 6.45) is 1.87. The number of rotatable bonds is 6. The van der Waals surface area contributed by atoms with Crippen LogP contribution in [0.1, 0.15) is 31.4 Å². The van der Waals surface area contributed by atoms with Crippen LogP contribution in [-0.4, -0.2) is 12.7 Å². The van der Waals surface area contributed by atoms with E-state index in [1.54, 1.807) is 0 Å². The highest BCUT2D eigenvalue weighted by atomic mass is 19.2. The number of hydrogen-bond acceptors (Lipinski definition) is 3. The van der Waals surface area contributed by atoms with Crippen LogP contribution in [0.4, 0.5) is 8.78 Å². The zero-order valence-corrected chi connectivity index (χ0v) is 10.3. The summed E-state index contributed by atoms with van der Waals surface area (Å²) in [5.74, 6) is 4.15. The molecule has 0 bridgehead atoms. The molecule has 1 aromatic rings. The summed E-state index contributed by atoms with van der Waals surface area (Å²) in [7, 11) is 0. The summed E-state index contributed by atoms with van der Waals surface area (Å²) in [6.45, 7) is 2.40. The summed E-state index contributed by atoms with van der Waals surface area (Å²) < 4.78 is 32.7. The molecule has 1 aliphatic rings. The second-order valence-corrected chi connectivity index (χ2v) is 4.54. The minimum Gasteiger partial charge on any atom is -0.376 e. The molecule has 2 unspecified atom stereocenters. The Morgan fingerprint density at radius 2 is 2.17 bits per heavy atom. The molecule has 0 spiro atoms. The average Bonchev–Trinajstić information content (AvgIpc) is 3.18. The summed E-state index contributed by atoms with van der Waals surface area (Å²) in [5.41, 5.74) is 2.79. The molecule has 100 valence electrons. The Hall–Kier alpha value is -1.04. The zero-order chi connectivity index (χ0) is 13.1. The summed E-state index contributed by atoms with van der Waals surface area (Å²) >= 11 is 0. The van der Waals surface area contributed by atoms with Crippen molar-refractivity contribution >= 4 is 0 Å². The molecule has 0 amide bonds. The third kappa shape index (κ3) is 2.68. The van der Waals surface area contributed by atoms with Crippen molar-refractivity contribution in [1.82, 2.24) is 5.43 Å². The Balaban J connectivity index is 2.28. The second-order valence-electron chi connectivity index (χ2n) is 4.54. The van der Waals surface area contributed by atoms with Crippen LogP contribution in [-0.2, 0) is 4.74 Å². The Bertz CT molecular complexity index is 410. The predicted molar refractivity (Wildman–Crippen MR) is 64.6 cm³/mol. The average molecular weight is 256 g/mol. The topological polar surface area (TPSA) is 47.3 Å². The number of nitrogens with two attached hydrogens (primary N) is 1. The normalized spacial score (nSPS) is 18.7. The Kier molecular flexibility index (Phi) is 4.27. The molecule has 5 heteroatoms. The van der Waals surface area contributed by atoms with E-state index in [4.69, 9.17) is 10.6 Å². The largest absolute Gasteiger partial charge is 0.376 e. The molecule has 0 aromatic heterocycles. The van der Waals surface area contributed by atoms with Gasteiger partial charge in [0, 0.05) is 12.2 Å². The van der Waals surface area contributed by atoms with Crippen LogP contribution in [0.25, 0.3) is 0 Å². The van der Waals surface area contributed by atoms with Crippen molar-refractivity contribution < 1.29 is 13.5 Å². The quantitative estimate of drug-likeness (QED) is 0.606. The molecule has 1 fully saturated rings. The number of benzene rings is 1. The van der Waals surface area contributed by atoms with Crippen molar-refractivity contribution in [3.8, 4) is 0 Å². The number of hydrazine groups is 1. The van der Waals surface area contributed by atoms with E-state index in [-0.39, 0.29) is 11.7 Å². The van der Waals surface area contributed by atoms with Crippen molar-refractivity contribution in [2.75, 3.05) is 6.61 Å². The van der Waals surface area contributed by atoms with E-state index in [1.165, 1.54) is 12.1 Å². The van der Waals surface area contributed by atoms with Crippen LogP contribution in [0, 0.1) is 17.6 Å². The molecular formula is C13H18F2N2O. The van der Waals surface area contributed by atoms with Gasteiger partial charge in [-0.15, -0.1) is 0 Å². The van der Waals surface area contributed by atoms with Gasteiger partial charge < -0.3 is 4.74 Å². The van der Waals surface area contributed by atoms with E-state index >= 15 is 0 Å². The molecule has 0 saturated heterocycles. The first-order valence-corrected chi connectivity index (χ1v) is 6.20. The van der Waals surface area contributed by atoms with Gasteiger partial charge in [-0.2, -0.15) is 0 Å². The van der Waals surface area contributed by atoms with Gasteiger partial charge in [0.1, 0.15) is 0 Å². The second kappa shape index (κ2) is 5.73. The SMILES string of the molecule is CCOC(C1CC1)C(NN)c1cccc(F)c1F. The van der Waals surface area contributed by atoms with Crippen molar-refractivity contribution in [2.24, 2.45) is 11.8 Å². The molecule has 1 saturated carbocycles. The van der Waals surface area contributed by atoms with Gasteiger partial charge >= 0.3 is 0 Å². The number of halogens is 2. The first-order chi connectivity index (χ1) is 8.69. The Morgan fingerprint density at radius 1 is 1.44 bits per heavy atom. The van der Waals surface area contributed by atoms with Crippen LogP contribution < -0.4 is 11.3 Å². The van der Waals surface area contributed by atoms with Crippen molar-refractivity contribution in [3.05, 3.63) is 35.4 Å². The van der Waals surface area contributed by atoms with E-state index in [0.717, 1.165) is 18.9 Å². The molecule has 18 heavy (non-hydrogen) atoms. The molecule has 0 radical (unpaired) electrons. The van der Waals surface area contributed by atoms with Gasteiger partial charge in [-0.25, -0.2) is 8.78 Å². The highest BCUT2D eigenvalue weighted by molar-refractivity contribution is 5.24. The maximum absolute atomic E-state index is 13.8. The fourth-order valence-corrected chi connectivity index (χ4v) is 2.24. The molecule has 1 aromatic carbocycles. The van der Waals surface area contributed by atoms with Crippen molar-refractivity contribution in [3.63, 3.8) is 0 Å². The molecule has 2 atom stereocenters. The van der Waals surface area contributed by atoms with Gasteiger partial charge in [0.25, 0.3) is 0 Å². The first-order valence-electron chi connectivity index (χ1n) is 6.20. The van der Waals surface area contributed by atoms with Crippen LogP contribution in [0.2, 0.25) is 0 Å². The maximum atomic E-state index is 13.8. The Labute approximate surface area is 105 Å². The predicted octanol–water partition coefficient (Wildman–Crippen LogP) is 2.28. The molecule has 1 aliphatic carbocycles. The third-order valence-corrected chi connectivity index (χ3v) is 3.27. The van der Waals surface area contributed by atoms with Gasteiger partial charge in [0.2, 0.25) is 0 Å². The van der Waals surface area contributed by atoms with Gasteiger partial charge in [-0.3, -0.25) is 11.3 Å². The highest BCUT2D eigenvalue weighted by Gasteiger charge is 2.38. The van der Waals surface area contributed by atoms with Crippen LogP contribution >= 0.6 is 0 Å². The van der Waals surface area contributed by atoms with Crippen LogP contribution in [0.15, 0.2) is 18.2 Å². The zero-order valence-electron chi connectivity index (χ0n) is 10.3. The maximum Gasteiger partial charge on any atom is 0.163 e. The van der Waals surface area contributed by atoms with Crippen molar-refractivity contribution in [2.45, 2.75) is 31.9 Å². The van der Waals surface area contributed by atoms with Crippen molar-refractivity contribution in [1.29, 1.82) is 0 Å². The van der Waals surface area contributed by atoms with Gasteiger partial charge in [-0.05, 0) is 31.7 Å². The monoisotopic (exact) mass is 256 g/mol. The van der Waals surface area contributed by atoms with Gasteiger partial charge in [0.05, 0.1) is 12.1 Å². The van der Waals surface area contributed by atoms with E-state index in [9.17, 15) is 8.78 Å². The standard InChI is InChI=1S/C13H18F2N2O/c1-2-18-13(8-6-7-8)12(17-16)9-4-3-5-10(14)11(9)15/h3-5,8,12-13,17H,2,6-7,16H2,1H3. The van der Waals surface area contributed by atoms with E-state index in [2.05, 4.69) is 5.43 Å². The van der Waals surface area contributed by atoms with Crippen LogP contribution in [0.5, 0.6) is 0 Å². The number of ether oxygens (including phenoxy) is 1. The van der Waals surface area contributed by atoms with Gasteiger partial charge in [-0.1, -0.05) is 12.1 Å². The number of hydrogen-bond donors (Lipinski definition) is 2.